The lowest BCUT2D eigenvalue weighted by atomic mass is 10.3. The van der Waals surface area contributed by atoms with Gasteiger partial charge < -0.3 is 4.90 Å². The van der Waals surface area contributed by atoms with Crippen LogP contribution in [0.4, 0.5) is 13.9 Å². The van der Waals surface area contributed by atoms with Crippen molar-refractivity contribution in [3.05, 3.63) is 22.5 Å². The van der Waals surface area contributed by atoms with E-state index in [0.717, 1.165) is 24.0 Å². The van der Waals surface area contributed by atoms with Gasteiger partial charge in [-0.3, -0.25) is 15.2 Å². The Morgan fingerprint density at radius 1 is 1.48 bits per heavy atom. The number of halogens is 2. The van der Waals surface area contributed by atoms with Gasteiger partial charge in [0.05, 0.1) is 0 Å². The van der Waals surface area contributed by atoms with E-state index in [1.165, 1.54) is 11.3 Å². The lowest BCUT2D eigenvalue weighted by Crippen LogP contribution is -2.14. The van der Waals surface area contributed by atoms with E-state index in [-0.39, 0.29) is 5.69 Å². The van der Waals surface area contributed by atoms with Crippen LogP contribution in [-0.2, 0) is 6.42 Å². The normalized spacial score (nSPS) is 11.3. The number of likely N-dealkylation sites (N-methyl/N-ethyl adjacent to an activating group) is 1. The number of nitrogens with zero attached hydrogens (tertiary/aromatic N) is 4. The summed E-state index contributed by atoms with van der Waals surface area (Å²) >= 11 is 1.24. The van der Waals surface area contributed by atoms with Crippen molar-refractivity contribution in [2.24, 2.45) is 0 Å². The maximum atomic E-state index is 12.4. The summed E-state index contributed by atoms with van der Waals surface area (Å²) < 4.78 is 24.8. The van der Waals surface area contributed by atoms with Gasteiger partial charge >= 0.3 is 0 Å². The van der Waals surface area contributed by atoms with Crippen LogP contribution in [0.2, 0.25) is 0 Å². The van der Waals surface area contributed by atoms with Crippen LogP contribution in [0, 0.1) is 0 Å². The molecule has 0 fully saturated rings. The molecule has 2 heterocycles. The Balaban J connectivity index is 1.95. The first kappa shape index (κ1) is 15.4. The van der Waals surface area contributed by atoms with Crippen LogP contribution in [0.25, 0.3) is 0 Å². The topological polar surface area (TPSA) is 86.8 Å². The average molecular weight is 316 g/mol. The molecule has 21 heavy (non-hydrogen) atoms. The molecule has 0 saturated heterocycles. The fraction of sp³-hybridized carbons (Fsp3) is 0.455. The summed E-state index contributed by atoms with van der Waals surface area (Å²) in [6, 6.07) is 1.01. The van der Waals surface area contributed by atoms with Gasteiger partial charge in [0.15, 0.2) is 5.69 Å². The highest BCUT2D eigenvalue weighted by Crippen LogP contribution is 2.19. The van der Waals surface area contributed by atoms with E-state index in [2.05, 4.69) is 25.7 Å². The summed E-state index contributed by atoms with van der Waals surface area (Å²) in [4.78, 5) is 13.8. The number of carbonyl (C=O) groups excluding carboxylic acids is 1. The van der Waals surface area contributed by atoms with Crippen molar-refractivity contribution in [1.82, 2.24) is 25.3 Å². The molecule has 0 aliphatic carbocycles. The zero-order valence-electron chi connectivity index (χ0n) is 11.4. The molecule has 7 nitrogen and oxygen atoms in total. The molecule has 114 valence electrons. The average Bonchev–Trinajstić information content (AvgIpc) is 3.05. The first-order valence-electron chi connectivity index (χ1n) is 6.07. The van der Waals surface area contributed by atoms with Crippen molar-refractivity contribution in [3.63, 3.8) is 0 Å². The number of aromatic nitrogens is 4. The number of rotatable bonds is 6. The maximum Gasteiger partial charge on any atom is 0.279 e. The zero-order chi connectivity index (χ0) is 15.4. The third-order valence-corrected chi connectivity index (χ3v) is 3.42. The Labute approximate surface area is 123 Å². The SMILES string of the molecule is CN(C)CCc1nnc(NC(=O)c2cc(C(F)F)[nH]n2)s1. The summed E-state index contributed by atoms with van der Waals surface area (Å²) in [5.74, 6) is -0.603. The summed E-state index contributed by atoms with van der Waals surface area (Å²) in [7, 11) is 3.89. The number of hydrogen-bond donors (Lipinski definition) is 2. The second-order valence-corrected chi connectivity index (χ2v) is 5.58. The lowest BCUT2D eigenvalue weighted by molar-refractivity contribution is 0.102. The number of H-pyrrole nitrogens is 1. The molecule has 1 amide bonds. The first-order chi connectivity index (χ1) is 9.95. The number of alkyl halides is 2. The maximum absolute atomic E-state index is 12.4. The van der Waals surface area contributed by atoms with E-state index in [1.807, 2.05) is 19.0 Å². The number of aromatic amines is 1. The highest BCUT2D eigenvalue weighted by atomic mass is 32.1. The molecule has 0 bridgehead atoms. The van der Waals surface area contributed by atoms with Gasteiger partial charge in [0.1, 0.15) is 10.7 Å². The summed E-state index contributed by atoms with van der Waals surface area (Å²) in [5.41, 5.74) is -0.514. The molecular formula is C11H14F2N6OS. The van der Waals surface area contributed by atoms with E-state index in [0.29, 0.717) is 5.13 Å². The molecule has 10 heteroatoms. The van der Waals surface area contributed by atoms with Gasteiger partial charge in [0, 0.05) is 13.0 Å². The third kappa shape index (κ3) is 4.26. The zero-order valence-corrected chi connectivity index (χ0v) is 12.2. The molecule has 2 rings (SSSR count). The molecule has 0 aliphatic heterocycles. The predicted octanol–water partition coefficient (Wildman–Crippen LogP) is 1.56. The van der Waals surface area contributed by atoms with Gasteiger partial charge in [-0.15, -0.1) is 10.2 Å². The van der Waals surface area contributed by atoms with Crippen LogP contribution in [-0.4, -0.2) is 51.8 Å². The number of anilines is 1. The Hall–Kier alpha value is -1.94. The van der Waals surface area contributed by atoms with Gasteiger partial charge in [-0.25, -0.2) is 8.78 Å². The van der Waals surface area contributed by atoms with E-state index in [9.17, 15) is 13.6 Å². The minimum atomic E-state index is -2.70. The quantitative estimate of drug-likeness (QED) is 0.844. The van der Waals surface area contributed by atoms with E-state index in [4.69, 9.17) is 0 Å². The number of hydrogen-bond acceptors (Lipinski definition) is 6. The summed E-state index contributed by atoms with van der Waals surface area (Å²) in [6.45, 7) is 0.819. The van der Waals surface area contributed by atoms with E-state index in [1.54, 1.807) is 0 Å². The number of nitrogens with one attached hydrogen (secondary N) is 2. The minimum absolute atomic E-state index is 0.115. The van der Waals surface area contributed by atoms with Crippen molar-refractivity contribution < 1.29 is 13.6 Å². The summed E-state index contributed by atoms with van der Waals surface area (Å²) in [6.07, 6.45) is -1.98. The second kappa shape index (κ2) is 6.68. The fourth-order valence-electron chi connectivity index (χ4n) is 1.45. The molecule has 2 aromatic heterocycles. The molecule has 0 unspecified atom stereocenters. The number of carbonyl (C=O) groups is 1. The molecule has 2 aromatic rings. The highest BCUT2D eigenvalue weighted by Gasteiger charge is 2.17. The molecule has 0 saturated carbocycles. The van der Waals surface area contributed by atoms with Gasteiger partial charge in [0.25, 0.3) is 12.3 Å². The van der Waals surface area contributed by atoms with Gasteiger partial charge in [-0.2, -0.15) is 5.10 Å². The molecular weight excluding hydrogens is 302 g/mol. The first-order valence-corrected chi connectivity index (χ1v) is 6.89. The van der Waals surface area contributed by atoms with E-state index >= 15 is 0 Å². The Kier molecular flexibility index (Phi) is 4.91. The van der Waals surface area contributed by atoms with Crippen LogP contribution in [0.3, 0.4) is 0 Å². The molecule has 0 radical (unpaired) electrons. The van der Waals surface area contributed by atoms with Crippen LogP contribution in [0.5, 0.6) is 0 Å². The smallest absolute Gasteiger partial charge is 0.279 e. The minimum Gasteiger partial charge on any atom is -0.309 e. The Morgan fingerprint density at radius 2 is 2.24 bits per heavy atom. The van der Waals surface area contributed by atoms with Crippen LogP contribution >= 0.6 is 11.3 Å². The molecule has 2 N–H and O–H groups in total. The van der Waals surface area contributed by atoms with Crippen molar-refractivity contribution in [2.75, 3.05) is 26.0 Å². The Bertz CT molecular complexity index is 611. The molecule has 0 atom stereocenters. The standard InChI is InChI=1S/C11H14F2N6OS/c1-19(2)4-3-8-17-18-11(21-8)14-10(20)7-5-6(9(12)13)15-16-7/h5,9H,3-4H2,1-2H3,(H,15,16)(H,14,18,20). The van der Waals surface area contributed by atoms with E-state index < -0.39 is 18.0 Å². The van der Waals surface area contributed by atoms with Crippen LogP contribution in [0.15, 0.2) is 6.07 Å². The van der Waals surface area contributed by atoms with Crippen LogP contribution in [0.1, 0.15) is 27.6 Å². The van der Waals surface area contributed by atoms with Crippen molar-refractivity contribution >= 4 is 22.4 Å². The Morgan fingerprint density at radius 3 is 2.86 bits per heavy atom. The molecule has 0 spiro atoms. The molecule has 0 aliphatic rings. The van der Waals surface area contributed by atoms with Crippen molar-refractivity contribution in [3.8, 4) is 0 Å². The highest BCUT2D eigenvalue weighted by molar-refractivity contribution is 7.15. The molecule has 0 aromatic carbocycles. The van der Waals surface area contributed by atoms with Crippen LogP contribution < -0.4 is 5.32 Å². The van der Waals surface area contributed by atoms with Gasteiger partial charge in [0.2, 0.25) is 5.13 Å². The second-order valence-electron chi connectivity index (χ2n) is 4.52. The monoisotopic (exact) mass is 316 g/mol. The fourth-order valence-corrected chi connectivity index (χ4v) is 2.17. The van der Waals surface area contributed by atoms with Gasteiger partial charge in [-0.1, -0.05) is 11.3 Å². The van der Waals surface area contributed by atoms with Gasteiger partial charge in [-0.05, 0) is 20.2 Å². The number of amides is 1. The lowest BCUT2D eigenvalue weighted by Gasteiger charge is -2.05. The third-order valence-electron chi connectivity index (χ3n) is 2.53. The summed E-state index contributed by atoms with van der Waals surface area (Å²) in [5, 5.41) is 17.0. The largest absolute Gasteiger partial charge is 0.309 e. The predicted molar refractivity (Wildman–Crippen MR) is 73.7 cm³/mol. The van der Waals surface area contributed by atoms with Crippen molar-refractivity contribution in [2.45, 2.75) is 12.8 Å². The van der Waals surface area contributed by atoms with Crippen molar-refractivity contribution in [1.29, 1.82) is 0 Å².